The molecule has 0 amide bonds. The van der Waals surface area contributed by atoms with Crippen LogP contribution in [0.4, 0.5) is 5.69 Å². The molecule has 5 nitrogen and oxygen atoms in total. The van der Waals surface area contributed by atoms with E-state index in [1.165, 1.54) is 12.1 Å². The van der Waals surface area contributed by atoms with E-state index in [2.05, 4.69) is 0 Å². The van der Waals surface area contributed by atoms with E-state index in [0.29, 0.717) is 6.42 Å². The molecule has 1 aliphatic rings. The number of sulfone groups is 1. The van der Waals surface area contributed by atoms with Crippen LogP contribution in [0.2, 0.25) is 0 Å². The number of benzene rings is 1. The van der Waals surface area contributed by atoms with Crippen molar-refractivity contribution in [3.8, 4) is 0 Å². The lowest BCUT2D eigenvalue weighted by molar-refractivity contribution is -0.384. The van der Waals surface area contributed by atoms with Gasteiger partial charge in [0.2, 0.25) is 0 Å². The van der Waals surface area contributed by atoms with Crippen LogP contribution >= 0.6 is 0 Å². The molecule has 1 aromatic carbocycles. The minimum atomic E-state index is -3.03. The van der Waals surface area contributed by atoms with Gasteiger partial charge in [-0.15, -0.1) is 0 Å². The monoisotopic (exact) mass is 255 g/mol. The summed E-state index contributed by atoms with van der Waals surface area (Å²) in [6.07, 6.45) is 0.581. The molecule has 17 heavy (non-hydrogen) atoms. The second-order valence-corrected chi connectivity index (χ2v) is 6.69. The molecule has 1 fully saturated rings. The molecule has 1 saturated carbocycles. The minimum absolute atomic E-state index is 0.0158. The average Bonchev–Trinajstić information content (AvgIpc) is 3.10. The third-order valence-corrected chi connectivity index (χ3v) is 5.35. The van der Waals surface area contributed by atoms with Crippen molar-refractivity contribution in [1.29, 1.82) is 0 Å². The van der Waals surface area contributed by atoms with Crippen molar-refractivity contribution in [1.82, 2.24) is 0 Å². The van der Waals surface area contributed by atoms with Gasteiger partial charge < -0.3 is 0 Å². The highest BCUT2D eigenvalue weighted by Crippen LogP contribution is 2.46. The summed E-state index contributed by atoms with van der Waals surface area (Å²) in [6, 6.07) is 6.23. The van der Waals surface area contributed by atoms with Gasteiger partial charge in [-0.2, -0.15) is 0 Å². The molecule has 0 saturated heterocycles. The van der Waals surface area contributed by atoms with E-state index in [1.54, 1.807) is 19.1 Å². The Morgan fingerprint density at radius 3 is 2.76 bits per heavy atom. The first-order valence-corrected chi connectivity index (χ1v) is 7.13. The summed E-state index contributed by atoms with van der Waals surface area (Å²) in [4.78, 5) is 10.2. The summed E-state index contributed by atoms with van der Waals surface area (Å²) in [7, 11) is -3.03. The Morgan fingerprint density at radius 1 is 1.47 bits per heavy atom. The van der Waals surface area contributed by atoms with Crippen LogP contribution in [0.15, 0.2) is 24.3 Å². The molecular weight excluding hydrogens is 242 g/mol. The van der Waals surface area contributed by atoms with E-state index in [1.807, 2.05) is 0 Å². The number of nitro groups is 1. The molecule has 0 aliphatic heterocycles. The van der Waals surface area contributed by atoms with Crippen LogP contribution in [0.5, 0.6) is 0 Å². The van der Waals surface area contributed by atoms with Crippen molar-refractivity contribution in [2.24, 2.45) is 0 Å². The lowest BCUT2D eigenvalue weighted by atomic mass is 10.1. The van der Waals surface area contributed by atoms with Crippen LogP contribution < -0.4 is 0 Å². The average molecular weight is 255 g/mol. The van der Waals surface area contributed by atoms with E-state index in [9.17, 15) is 18.5 Å². The Balaban J connectivity index is 2.22. The maximum atomic E-state index is 11.6. The maximum Gasteiger partial charge on any atom is 0.269 e. The Labute approximate surface area is 99.5 Å². The number of non-ortho nitro benzene ring substituents is 1. The quantitative estimate of drug-likeness (QED) is 0.608. The molecule has 0 N–H and O–H groups in total. The summed E-state index contributed by atoms with van der Waals surface area (Å²) in [5.74, 6) is 0.0585. The van der Waals surface area contributed by atoms with Crippen molar-refractivity contribution in [2.45, 2.75) is 24.5 Å². The first-order chi connectivity index (χ1) is 7.95. The fourth-order valence-corrected chi connectivity index (χ4v) is 3.59. The first kappa shape index (κ1) is 12.0. The molecular formula is C11H13NO4S. The molecule has 0 radical (unpaired) electrons. The van der Waals surface area contributed by atoms with Gasteiger partial charge in [-0.25, -0.2) is 8.42 Å². The summed E-state index contributed by atoms with van der Waals surface area (Å²) in [5, 5.41) is 10.3. The van der Waals surface area contributed by atoms with Crippen LogP contribution in [0.25, 0.3) is 0 Å². The van der Waals surface area contributed by atoms with Gasteiger partial charge in [-0.05, 0) is 12.0 Å². The molecule has 92 valence electrons. The molecule has 0 spiro atoms. The predicted molar refractivity (Wildman–Crippen MR) is 63.7 cm³/mol. The van der Waals surface area contributed by atoms with Crippen molar-refractivity contribution < 1.29 is 13.3 Å². The van der Waals surface area contributed by atoms with E-state index in [-0.39, 0.29) is 22.6 Å². The zero-order valence-electron chi connectivity index (χ0n) is 9.37. The number of nitro benzene ring substituents is 1. The molecule has 0 unspecified atom stereocenters. The standard InChI is InChI=1S/C11H13NO4S/c1-2-17(15,16)11-7-10(11)8-4-3-5-9(6-8)12(13)14/h3-6,10-11H,2,7H2,1H3/t10-,11+/m0/s1. The highest BCUT2D eigenvalue weighted by molar-refractivity contribution is 7.92. The highest BCUT2D eigenvalue weighted by Gasteiger charge is 2.47. The van der Waals surface area contributed by atoms with Crippen molar-refractivity contribution in [3.05, 3.63) is 39.9 Å². The number of rotatable bonds is 4. The Bertz CT molecular complexity index is 552. The van der Waals surface area contributed by atoms with Crippen LogP contribution in [0.3, 0.4) is 0 Å². The second kappa shape index (κ2) is 4.10. The van der Waals surface area contributed by atoms with Gasteiger partial charge in [0.1, 0.15) is 0 Å². The lowest BCUT2D eigenvalue weighted by Crippen LogP contribution is -2.10. The predicted octanol–water partition coefficient (Wildman–Crippen LogP) is 1.89. The van der Waals surface area contributed by atoms with Crippen LogP contribution in [-0.4, -0.2) is 24.3 Å². The molecule has 2 rings (SSSR count). The van der Waals surface area contributed by atoms with Gasteiger partial charge in [-0.3, -0.25) is 10.1 Å². The molecule has 2 atom stereocenters. The van der Waals surface area contributed by atoms with E-state index in [0.717, 1.165) is 5.56 Å². The van der Waals surface area contributed by atoms with E-state index < -0.39 is 14.8 Å². The summed E-state index contributed by atoms with van der Waals surface area (Å²) < 4.78 is 23.3. The molecule has 0 heterocycles. The Hall–Kier alpha value is -1.43. The molecule has 1 aliphatic carbocycles. The first-order valence-electron chi connectivity index (χ1n) is 5.41. The molecule has 0 aromatic heterocycles. The largest absolute Gasteiger partial charge is 0.269 e. The van der Waals surface area contributed by atoms with Crippen LogP contribution in [0, 0.1) is 10.1 Å². The van der Waals surface area contributed by atoms with Gasteiger partial charge in [-0.1, -0.05) is 19.1 Å². The Morgan fingerprint density at radius 2 is 2.18 bits per heavy atom. The SMILES string of the molecule is CCS(=O)(=O)[C@@H]1C[C@H]1c1cccc([N+](=O)[O-])c1. The summed E-state index contributed by atoms with van der Waals surface area (Å²) >= 11 is 0. The fourth-order valence-electron chi connectivity index (χ4n) is 2.00. The summed E-state index contributed by atoms with van der Waals surface area (Å²) in [6.45, 7) is 1.62. The van der Waals surface area contributed by atoms with E-state index in [4.69, 9.17) is 0 Å². The van der Waals surface area contributed by atoms with Gasteiger partial charge in [0.05, 0.1) is 10.2 Å². The Kier molecular flexibility index (Phi) is 2.91. The van der Waals surface area contributed by atoms with Crippen LogP contribution in [0.1, 0.15) is 24.8 Å². The topological polar surface area (TPSA) is 77.3 Å². The van der Waals surface area contributed by atoms with Crippen LogP contribution in [-0.2, 0) is 9.84 Å². The number of hydrogen-bond donors (Lipinski definition) is 0. The van der Waals surface area contributed by atoms with Gasteiger partial charge in [0.25, 0.3) is 5.69 Å². The third kappa shape index (κ3) is 2.31. The highest BCUT2D eigenvalue weighted by atomic mass is 32.2. The minimum Gasteiger partial charge on any atom is -0.258 e. The van der Waals surface area contributed by atoms with Crippen molar-refractivity contribution in [2.75, 3.05) is 5.75 Å². The summed E-state index contributed by atoms with van der Waals surface area (Å²) in [5.41, 5.74) is 0.767. The molecule has 0 bridgehead atoms. The number of hydrogen-bond acceptors (Lipinski definition) is 4. The van der Waals surface area contributed by atoms with Gasteiger partial charge in [0, 0.05) is 23.8 Å². The van der Waals surface area contributed by atoms with Gasteiger partial charge >= 0.3 is 0 Å². The lowest BCUT2D eigenvalue weighted by Gasteiger charge is -2.01. The zero-order valence-corrected chi connectivity index (χ0v) is 10.2. The smallest absolute Gasteiger partial charge is 0.258 e. The van der Waals surface area contributed by atoms with E-state index >= 15 is 0 Å². The number of nitrogens with zero attached hydrogens (tertiary/aromatic N) is 1. The second-order valence-electron chi connectivity index (χ2n) is 4.18. The zero-order chi connectivity index (χ0) is 12.6. The molecule has 6 heteroatoms. The van der Waals surface area contributed by atoms with Crippen molar-refractivity contribution in [3.63, 3.8) is 0 Å². The normalized spacial score (nSPS) is 23.4. The van der Waals surface area contributed by atoms with Gasteiger partial charge in [0.15, 0.2) is 9.84 Å². The third-order valence-electron chi connectivity index (χ3n) is 3.10. The molecule has 1 aromatic rings. The van der Waals surface area contributed by atoms with Crippen molar-refractivity contribution >= 4 is 15.5 Å². The fraction of sp³-hybridized carbons (Fsp3) is 0.455. The maximum absolute atomic E-state index is 11.6.